The van der Waals surface area contributed by atoms with Crippen LogP contribution in [0.2, 0.25) is 0 Å². The van der Waals surface area contributed by atoms with Crippen LogP contribution in [0, 0.1) is 6.92 Å². The largest absolute Gasteiger partial charge is 0.495 e. The third-order valence-corrected chi connectivity index (χ3v) is 5.25. The summed E-state index contributed by atoms with van der Waals surface area (Å²) in [5.74, 6) is -0.645. The second-order valence-corrected chi connectivity index (χ2v) is 7.59. The Labute approximate surface area is 163 Å². The van der Waals surface area contributed by atoms with Gasteiger partial charge in [-0.3, -0.25) is 9.59 Å². The fraction of sp³-hybridized carbons (Fsp3) is 0.636. The van der Waals surface area contributed by atoms with Crippen LogP contribution in [0.4, 0.5) is 5.69 Å². The highest BCUT2D eigenvalue weighted by atomic mass is 16.5. The smallest absolute Gasteiger partial charge is 0.313 e. The van der Waals surface area contributed by atoms with Gasteiger partial charge in [-0.2, -0.15) is 0 Å². The summed E-state index contributed by atoms with van der Waals surface area (Å²) in [6, 6.07) is 5.58. The van der Waals surface area contributed by atoms with E-state index in [0.29, 0.717) is 11.4 Å². The summed E-state index contributed by atoms with van der Waals surface area (Å²) in [7, 11) is 1.55. The van der Waals surface area contributed by atoms with E-state index in [1.54, 1.807) is 19.2 Å². The number of ether oxygens (including phenoxy) is 1. The molecule has 2 rings (SSSR count). The van der Waals surface area contributed by atoms with Gasteiger partial charge in [0.15, 0.2) is 0 Å². The highest BCUT2D eigenvalue weighted by Crippen LogP contribution is 2.25. The van der Waals surface area contributed by atoms with Gasteiger partial charge in [-0.1, -0.05) is 63.9 Å². The number of aryl methyl sites for hydroxylation is 1. The summed E-state index contributed by atoms with van der Waals surface area (Å²) in [4.78, 5) is 24.8. The Bertz CT molecular complexity index is 604. The van der Waals surface area contributed by atoms with Crippen LogP contribution in [-0.2, 0) is 9.59 Å². The minimum atomic E-state index is -0.634. The van der Waals surface area contributed by atoms with Gasteiger partial charge >= 0.3 is 11.8 Å². The molecule has 0 radical (unpaired) electrons. The van der Waals surface area contributed by atoms with Gasteiger partial charge in [0.05, 0.1) is 12.8 Å². The van der Waals surface area contributed by atoms with Crippen molar-refractivity contribution in [1.82, 2.24) is 5.32 Å². The predicted molar refractivity (Wildman–Crippen MR) is 109 cm³/mol. The third-order valence-electron chi connectivity index (χ3n) is 5.25. The van der Waals surface area contributed by atoms with E-state index < -0.39 is 11.8 Å². The quantitative estimate of drug-likeness (QED) is 0.752. The van der Waals surface area contributed by atoms with Crippen LogP contribution in [0.1, 0.15) is 76.2 Å². The number of benzene rings is 1. The molecule has 0 bridgehead atoms. The first-order chi connectivity index (χ1) is 13.1. The Balaban J connectivity index is 1.90. The lowest BCUT2D eigenvalue weighted by Gasteiger charge is -2.19. The molecule has 0 heterocycles. The van der Waals surface area contributed by atoms with Crippen LogP contribution in [0.15, 0.2) is 18.2 Å². The Morgan fingerprint density at radius 2 is 1.44 bits per heavy atom. The summed E-state index contributed by atoms with van der Waals surface area (Å²) >= 11 is 0. The Hall–Kier alpha value is -2.04. The summed E-state index contributed by atoms with van der Waals surface area (Å²) < 4.78 is 5.26. The molecule has 2 N–H and O–H groups in total. The molecule has 1 aliphatic carbocycles. The molecule has 5 heteroatoms. The van der Waals surface area contributed by atoms with Crippen molar-refractivity contribution >= 4 is 17.5 Å². The molecule has 150 valence electrons. The molecule has 1 aliphatic rings. The van der Waals surface area contributed by atoms with E-state index in [-0.39, 0.29) is 6.04 Å². The second-order valence-electron chi connectivity index (χ2n) is 7.59. The minimum absolute atomic E-state index is 0.0853. The molecule has 1 aromatic rings. The number of hydrogen-bond acceptors (Lipinski definition) is 3. The maximum Gasteiger partial charge on any atom is 0.313 e. The lowest BCUT2D eigenvalue weighted by molar-refractivity contribution is -0.136. The van der Waals surface area contributed by atoms with Gasteiger partial charge in [-0.05, 0) is 37.5 Å². The molecule has 1 fully saturated rings. The normalized spacial score (nSPS) is 17.3. The van der Waals surface area contributed by atoms with Crippen LogP contribution < -0.4 is 15.4 Å². The van der Waals surface area contributed by atoms with Gasteiger partial charge in [-0.25, -0.2) is 0 Å². The van der Waals surface area contributed by atoms with E-state index in [4.69, 9.17) is 4.74 Å². The predicted octanol–water partition coefficient (Wildman–Crippen LogP) is 4.73. The zero-order chi connectivity index (χ0) is 19.5. The molecular weight excluding hydrogens is 340 g/mol. The number of rotatable bonds is 3. The summed E-state index contributed by atoms with van der Waals surface area (Å²) in [5, 5.41) is 5.64. The highest BCUT2D eigenvalue weighted by Gasteiger charge is 2.20. The number of anilines is 1. The first-order valence-corrected chi connectivity index (χ1v) is 10.4. The van der Waals surface area contributed by atoms with Crippen molar-refractivity contribution in [3.63, 3.8) is 0 Å². The number of carbonyl (C=O) groups excluding carboxylic acids is 2. The molecule has 0 unspecified atom stereocenters. The van der Waals surface area contributed by atoms with Crippen molar-refractivity contribution in [2.24, 2.45) is 0 Å². The van der Waals surface area contributed by atoms with E-state index in [9.17, 15) is 9.59 Å². The lowest BCUT2D eigenvalue weighted by atomic mass is 9.98. The maximum absolute atomic E-state index is 12.4. The lowest BCUT2D eigenvalue weighted by Crippen LogP contribution is -2.42. The topological polar surface area (TPSA) is 67.4 Å². The SMILES string of the molecule is COc1ccc(C)cc1NC(=O)C(=O)NC1CCCCCCCCCCC1. The van der Waals surface area contributed by atoms with Crippen LogP contribution in [-0.4, -0.2) is 25.0 Å². The number of hydrogen-bond donors (Lipinski definition) is 2. The molecular formula is C22H34N2O3. The van der Waals surface area contributed by atoms with Crippen molar-refractivity contribution < 1.29 is 14.3 Å². The molecule has 0 saturated heterocycles. The zero-order valence-corrected chi connectivity index (χ0v) is 16.8. The molecule has 0 spiro atoms. The molecule has 2 amide bonds. The average Bonchev–Trinajstić information content (AvgIpc) is 2.64. The fourth-order valence-corrected chi connectivity index (χ4v) is 3.66. The van der Waals surface area contributed by atoms with E-state index in [1.807, 2.05) is 13.0 Å². The molecule has 27 heavy (non-hydrogen) atoms. The van der Waals surface area contributed by atoms with Gasteiger partial charge in [0.1, 0.15) is 5.75 Å². The molecule has 1 aromatic carbocycles. The summed E-state index contributed by atoms with van der Waals surface area (Å²) in [6.07, 6.45) is 13.1. The number of nitrogens with one attached hydrogen (secondary N) is 2. The zero-order valence-electron chi connectivity index (χ0n) is 16.8. The number of methoxy groups -OCH3 is 1. The molecule has 0 aliphatic heterocycles. The summed E-state index contributed by atoms with van der Waals surface area (Å²) in [6.45, 7) is 1.93. The van der Waals surface area contributed by atoms with Crippen molar-refractivity contribution in [1.29, 1.82) is 0 Å². The average molecular weight is 375 g/mol. The molecule has 0 aromatic heterocycles. The van der Waals surface area contributed by atoms with Gasteiger partial charge in [0, 0.05) is 6.04 Å². The van der Waals surface area contributed by atoms with E-state index in [0.717, 1.165) is 31.2 Å². The fourth-order valence-electron chi connectivity index (χ4n) is 3.66. The summed E-state index contributed by atoms with van der Waals surface area (Å²) in [5.41, 5.74) is 1.52. The van der Waals surface area contributed by atoms with E-state index >= 15 is 0 Å². The standard InChI is InChI=1S/C22H34N2O3/c1-17-14-15-20(27-2)19(16-17)24-22(26)21(25)23-18-12-10-8-6-4-3-5-7-9-11-13-18/h14-16,18H,3-13H2,1-2H3,(H,23,25)(H,24,26). The maximum atomic E-state index is 12.4. The third kappa shape index (κ3) is 7.61. The van der Waals surface area contributed by atoms with Crippen molar-refractivity contribution in [2.75, 3.05) is 12.4 Å². The number of carbonyl (C=O) groups is 2. The monoisotopic (exact) mass is 374 g/mol. The molecule has 1 saturated carbocycles. The first kappa shape index (κ1) is 21.3. The van der Waals surface area contributed by atoms with Gasteiger partial charge in [-0.15, -0.1) is 0 Å². The van der Waals surface area contributed by atoms with Gasteiger partial charge in [0.25, 0.3) is 0 Å². The second kappa shape index (κ2) is 11.6. The Kier molecular flexibility index (Phi) is 9.16. The molecule has 5 nitrogen and oxygen atoms in total. The van der Waals surface area contributed by atoms with Gasteiger partial charge in [0.2, 0.25) is 0 Å². The van der Waals surface area contributed by atoms with E-state index in [2.05, 4.69) is 10.6 Å². The Morgan fingerprint density at radius 3 is 2.00 bits per heavy atom. The van der Waals surface area contributed by atoms with Crippen LogP contribution in [0.3, 0.4) is 0 Å². The minimum Gasteiger partial charge on any atom is -0.495 e. The Morgan fingerprint density at radius 1 is 0.889 bits per heavy atom. The highest BCUT2D eigenvalue weighted by molar-refractivity contribution is 6.39. The molecule has 0 atom stereocenters. The van der Waals surface area contributed by atoms with Crippen molar-refractivity contribution in [3.05, 3.63) is 23.8 Å². The first-order valence-electron chi connectivity index (χ1n) is 10.4. The van der Waals surface area contributed by atoms with E-state index in [1.165, 1.54) is 44.9 Å². The van der Waals surface area contributed by atoms with Crippen LogP contribution in [0.25, 0.3) is 0 Å². The van der Waals surface area contributed by atoms with Gasteiger partial charge < -0.3 is 15.4 Å². The van der Waals surface area contributed by atoms with Crippen molar-refractivity contribution in [2.45, 2.75) is 83.6 Å². The van der Waals surface area contributed by atoms with Crippen molar-refractivity contribution in [3.8, 4) is 5.75 Å². The van der Waals surface area contributed by atoms with Crippen LogP contribution in [0.5, 0.6) is 5.75 Å². The van der Waals surface area contributed by atoms with Crippen LogP contribution >= 0.6 is 0 Å². The number of amides is 2.